The van der Waals surface area contributed by atoms with Gasteiger partial charge in [0.25, 0.3) is 11.8 Å². The van der Waals surface area contributed by atoms with Crippen molar-refractivity contribution >= 4 is 40.1 Å². The molecule has 1 aliphatic rings. The van der Waals surface area contributed by atoms with Crippen molar-refractivity contribution in [2.75, 3.05) is 6.26 Å². The van der Waals surface area contributed by atoms with Gasteiger partial charge >= 0.3 is 0 Å². The monoisotopic (exact) mass is 258 g/mol. The van der Waals surface area contributed by atoms with Crippen molar-refractivity contribution in [3.63, 3.8) is 0 Å². The third kappa shape index (κ3) is 1.64. The van der Waals surface area contributed by atoms with Gasteiger partial charge in [0.15, 0.2) is 0 Å². The predicted octanol–water partition coefficient (Wildman–Crippen LogP) is 1.93. The van der Waals surface area contributed by atoms with Crippen molar-refractivity contribution < 1.29 is 9.59 Å². The second-order valence-electron chi connectivity index (χ2n) is 3.99. The molecule has 2 amide bonds. The highest BCUT2D eigenvalue weighted by atomic mass is 32.2. The number of carbonyl (C=O) groups excluding carboxylic acids is 2. The molecule has 4 nitrogen and oxygen atoms in total. The fourth-order valence-corrected chi connectivity index (χ4v) is 2.50. The molecular formula is C13H10N2O2S. The molecule has 0 spiro atoms. The fraction of sp³-hybridized carbons (Fsp3) is 0.0769. The summed E-state index contributed by atoms with van der Waals surface area (Å²) in [5.41, 5.74) is 2.14. The molecule has 0 fully saturated rings. The number of rotatable bonds is 2. The highest BCUT2D eigenvalue weighted by Gasteiger charge is 2.24. The summed E-state index contributed by atoms with van der Waals surface area (Å²) in [6.45, 7) is 0. The number of benzene rings is 1. The third-order valence-corrected chi connectivity index (χ3v) is 3.66. The van der Waals surface area contributed by atoms with Crippen molar-refractivity contribution in [3.8, 4) is 0 Å². The zero-order chi connectivity index (χ0) is 12.7. The van der Waals surface area contributed by atoms with Gasteiger partial charge in [-0.3, -0.25) is 14.9 Å². The number of amides is 2. The molecule has 0 aliphatic carbocycles. The quantitative estimate of drug-likeness (QED) is 0.639. The first kappa shape index (κ1) is 11.1. The molecule has 1 aliphatic heterocycles. The molecule has 0 atom stereocenters. The molecule has 2 aromatic rings. The molecule has 90 valence electrons. The average molecular weight is 258 g/mol. The van der Waals surface area contributed by atoms with Gasteiger partial charge < -0.3 is 4.98 Å². The summed E-state index contributed by atoms with van der Waals surface area (Å²) in [4.78, 5) is 27.1. The van der Waals surface area contributed by atoms with Crippen molar-refractivity contribution in [3.05, 3.63) is 36.0 Å². The van der Waals surface area contributed by atoms with Crippen LogP contribution in [0, 0.1) is 0 Å². The zero-order valence-corrected chi connectivity index (χ0v) is 10.4. The van der Waals surface area contributed by atoms with Crippen molar-refractivity contribution in [1.82, 2.24) is 10.3 Å². The minimum atomic E-state index is -0.356. The summed E-state index contributed by atoms with van der Waals surface area (Å²) in [6, 6.07) is 6.00. The van der Waals surface area contributed by atoms with E-state index in [9.17, 15) is 9.59 Å². The van der Waals surface area contributed by atoms with Crippen LogP contribution in [0.25, 0.3) is 16.5 Å². The molecule has 0 radical (unpaired) electrons. The summed E-state index contributed by atoms with van der Waals surface area (Å²) in [7, 11) is 0. The van der Waals surface area contributed by atoms with Crippen LogP contribution in [-0.4, -0.2) is 23.1 Å². The molecule has 2 heterocycles. The molecule has 1 aromatic carbocycles. The number of nitrogens with one attached hydrogen (secondary N) is 2. The first-order valence-corrected chi connectivity index (χ1v) is 6.64. The van der Waals surface area contributed by atoms with Crippen LogP contribution in [0.1, 0.15) is 5.56 Å². The lowest BCUT2D eigenvalue weighted by Crippen LogP contribution is -2.21. The van der Waals surface area contributed by atoms with Crippen LogP contribution in [0.5, 0.6) is 0 Å². The van der Waals surface area contributed by atoms with E-state index in [4.69, 9.17) is 0 Å². The Bertz CT molecular complexity index is 700. The van der Waals surface area contributed by atoms with Crippen molar-refractivity contribution in [1.29, 1.82) is 0 Å². The van der Waals surface area contributed by atoms with Gasteiger partial charge in [0.05, 0.1) is 5.57 Å². The number of H-pyrrole nitrogens is 1. The van der Waals surface area contributed by atoms with Crippen LogP contribution in [0.4, 0.5) is 0 Å². The topological polar surface area (TPSA) is 62.0 Å². The third-order valence-electron chi connectivity index (χ3n) is 2.94. The normalized spacial score (nSPS) is 15.1. The number of imide groups is 1. The van der Waals surface area contributed by atoms with Gasteiger partial charge in [-0.1, -0.05) is 0 Å². The largest absolute Gasteiger partial charge is 0.361 e. The molecule has 5 heteroatoms. The van der Waals surface area contributed by atoms with Gasteiger partial charge in [-0.05, 0) is 24.5 Å². The Hall–Kier alpha value is -2.01. The number of aromatic nitrogens is 1. The number of hydrogen-bond acceptors (Lipinski definition) is 3. The highest BCUT2D eigenvalue weighted by molar-refractivity contribution is 7.98. The Morgan fingerprint density at radius 1 is 1.22 bits per heavy atom. The molecule has 2 N–H and O–H groups in total. The SMILES string of the molecule is CSc1ccc2[nH]cc(C3=CC(=O)NC3=O)c2c1. The van der Waals surface area contributed by atoms with Gasteiger partial charge in [0, 0.05) is 33.6 Å². The molecular weight excluding hydrogens is 248 g/mol. The van der Waals surface area contributed by atoms with E-state index in [2.05, 4.69) is 10.3 Å². The first-order valence-electron chi connectivity index (χ1n) is 5.41. The smallest absolute Gasteiger partial charge is 0.258 e. The zero-order valence-electron chi connectivity index (χ0n) is 9.61. The Morgan fingerprint density at radius 3 is 2.72 bits per heavy atom. The van der Waals surface area contributed by atoms with Gasteiger partial charge in [-0.25, -0.2) is 0 Å². The Morgan fingerprint density at radius 2 is 2.06 bits per heavy atom. The van der Waals surface area contributed by atoms with Gasteiger partial charge in [-0.15, -0.1) is 11.8 Å². The maximum atomic E-state index is 11.7. The molecule has 3 rings (SSSR count). The Balaban J connectivity index is 2.21. The molecule has 0 unspecified atom stereocenters. The average Bonchev–Trinajstić information content (AvgIpc) is 2.91. The van der Waals surface area contributed by atoms with Crippen LogP contribution in [0.3, 0.4) is 0 Å². The summed E-state index contributed by atoms with van der Waals surface area (Å²) < 4.78 is 0. The maximum absolute atomic E-state index is 11.7. The lowest BCUT2D eigenvalue weighted by Gasteiger charge is -2.00. The van der Waals surface area contributed by atoms with E-state index in [1.165, 1.54) is 6.08 Å². The van der Waals surface area contributed by atoms with Crippen LogP contribution < -0.4 is 5.32 Å². The lowest BCUT2D eigenvalue weighted by atomic mass is 10.1. The van der Waals surface area contributed by atoms with E-state index >= 15 is 0 Å². The second kappa shape index (κ2) is 4.03. The van der Waals surface area contributed by atoms with Crippen LogP contribution in [-0.2, 0) is 9.59 Å². The summed E-state index contributed by atoms with van der Waals surface area (Å²) in [6.07, 6.45) is 5.11. The van der Waals surface area contributed by atoms with E-state index in [0.29, 0.717) is 5.57 Å². The number of aromatic amines is 1. The molecule has 0 saturated carbocycles. The molecule has 1 aromatic heterocycles. The van der Waals surface area contributed by atoms with E-state index in [1.54, 1.807) is 18.0 Å². The first-order chi connectivity index (χ1) is 8.69. The van der Waals surface area contributed by atoms with Gasteiger partial charge in [-0.2, -0.15) is 0 Å². The minimum Gasteiger partial charge on any atom is -0.361 e. The van der Waals surface area contributed by atoms with E-state index in [-0.39, 0.29) is 11.8 Å². The Labute approximate surface area is 107 Å². The van der Waals surface area contributed by atoms with Crippen LogP contribution >= 0.6 is 11.8 Å². The van der Waals surface area contributed by atoms with Crippen LogP contribution in [0.2, 0.25) is 0 Å². The predicted molar refractivity (Wildman–Crippen MR) is 71.2 cm³/mol. The number of fused-ring (bicyclic) bond motifs is 1. The summed E-state index contributed by atoms with van der Waals surface area (Å²) in [5.74, 6) is -0.694. The summed E-state index contributed by atoms with van der Waals surface area (Å²) in [5, 5.41) is 3.22. The minimum absolute atomic E-state index is 0.338. The van der Waals surface area contributed by atoms with Gasteiger partial charge in [0.1, 0.15) is 0 Å². The molecule has 0 saturated heterocycles. The van der Waals surface area contributed by atoms with E-state index in [0.717, 1.165) is 21.4 Å². The number of carbonyl (C=O) groups is 2. The summed E-state index contributed by atoms with van der Waals surface area (Å²) >= 11 is 1.64. The second-order valence-corrected chi connectivity index (χ2v) is 4.87. The van der Waals surface area contributed by atoms with E-state index < -0.39 is 0 Å². The lowest BCUT2D eigenvalue weighted by molar-refractivity contribution is -0.123. The number of hydrogen-bond donors (Lipinski definition) is 2. The maximum Gasteiger partial charge on any atom is 0.258 e. The van der Waals surface area contributed by atoms with Gasteiger partial charge in [0.2, 0.25) is 0 Å². The highest BCUT2D eigenvalue weighted by Crippen LogP contribution is 2.29. The van der Waals surface area contributed by atoms with Crippen LogP contribution in [0.15, 0.2) is 35.4 Å². The van der Waals surface area contributed by atoms with E-state index in [1.807, 2.05) is 24.5 Å². The molecule has 0 bridgehead atoms. The Kier molecular flexibility index (Phi) is 2.48. The molecule has 18 heavy (non-hydrogen) atoms. The van der Waals surface area contributed by atoms with Crippen molar-refractivity contribution in [2.45, 2.75) is 4.90 Å². The standard InChI is InChI=1S/C13H10N2O2S/c1-18-7-2-3-11-8(4-7)10(6-14-11)9-5-12(16)15-13(9)17/h2-6,14H,1H3,(H,15,16,17). The number of thioether (sulfide) groups is 1. The fourth-order valence-electron chi connectivity index (χ4n) is 2.06. The van der Waals surface area contributed by atoms with Crippen molar-refractivity contribution in [2.24, 2.45) is 0 Å².